The molecule has 1 aliphatic rings. The van der Waals surface area contributed by atoms with E-state index in [4.69, 9.17) is 5.73 Å². The molecular formula is C15H20BrN5S. The first-order chi connectivity index (χ1) is 10.6. The maximum absolute atomic E-state index is 6.07. The smallest absolute Gasteiger partial charge is 0.191 e. The molecule has 118 valence electrons. The van der Waals surface area contributed by atoms with Crippen molar-refractivity contribution in [2.45, 2.75) is 13.3 Å². The number of nitrogens with zero attached hydrogens (tertiary/aromatic N) is 4. The molecule has 0 amide bonds. The van der Waals surface area contributed by atoms with Crippen molar-refractivity contribution in [3.63, 3.8) is 0 Å². The Kier molecular flexibility index (Phi) is 4.93. The third-order valence-corrected chi connectivity index (χ3v) is 5.10. The largest absolute Gasteiger partial charge is 0.370 e. The molecule has 3 rings (SSSR count). The highest BCUT2D eigenvalue weighted by atomic mass is 79.9. The molecule has 1 aliphatic heterocycles. The van der Waals surface area contributed by atoms with E-state index in [0.29, 0.717) is 12.5 Å². The van der Waals surface area contributed by atoms with Crippen LogP contribution >= 0.6 is 27.7 Å². The molecule has 2 N–H and O–H groups in total. The van der Waals surface area contributed by atoms with Crippen LogP contribution in [0.2, 0.25) is 0 Å². The Morgan fingerprint density at radius 1 is 1.41 bits per heavy atom. The first-order valence-corrected chi connectivity index (χ1v) is 9.34. The summed E-state index contributed by atoms with van der Waals surface area (Å²) in [4.78, 5) is 11.4. The van der Waals surface area contributed by atoms with Gasteiger partial charge in [0.1, 0.15) is 5.65 Å². The monoisotopic (exact) mass is 381 g/mol. The summed E-state index contributed by atoms with van der Waals surface area (Å²) in [6.07, 6.45) is 4.90. The van der Waals surface area contributed by atoms with E-state index in [-0.39, 0.29) is 0 Å². The van der Waals surface area contributed by atoms with Crippen LogP contribution in [0.4, 0.5) is 0 Å². The third kappa shape index (κ3) is 3.57. The van der Waals surface area contributed by atoms with Gasteiger partial charge in [0.05, 0.1) is 5.69 Å². The second-order valence-corrected chi connectivity index (χ2v) is 7.53. The number of aliphatic imine (C=N–C) groups is 1. The molecule has 22 heavy (non-hydrogen) atoms. The normalized spacial score (nSPS) is 16.5. The van der Waals surface area contributed by atoms with Crippen LogP contribution in [0.5, 0.6) is 0 Å². The molecule has 0 aromatic carbocycles. The summed E-state index contributed by atoms with van der Waals surface area (Å²) in [7, 11) is 0. The Hall–Kier alpha value is -1.21. The molecule has 1 fully saturated rings. The Bertz CT molecular complexity index is 691. The minimum atomic E-state index is 0.669. The highest BCUT2D eigenvalue weighted by Gasteiger charge is 2.12. The molecular weight excluding hydrogens is 362 g/mol. The Morgan fingerprint density at radius 3 is 2.95 bits per heavy atom. The minimum Gasteiger partial charge on any atom is -0.370 e. The van der Waals surface area contributed by atoms with Crippen molar-refractivity contribution < 1.29 is 0 Å². The van der Waals surface area contributed by atoms with Crippen LogP contribution in [0.3, 0.4) is 0 Å². The lowest BCUT2D eigenvalue weighted by Gasteiger charge is -2.27. The molecule has 3 heterocycles. The molecule has 0 spiro atoms. The van der Waals surface area contributed by atoms with E-state index >= 15 is 0 Å². The van der Waals surface area contributed by atoms with E-state index in [2.05, 4.69) is 54.4 Å². The number of hydrogen-bond acceptors (Lipinski definition) is 3. The molecule has 2 aromatic heterocycles. The first kappa shape index (κ1) is 15.7. The molecule has 2 aromatic rings. The topological polar surface area (TPSA) is 58.9 Å². The first-order valence-electron chi connectivity index (χ1n) is 7.40. The van der Waals surface area contributed by atoms with Gasteiger partial charge in [0.15, 0.2) is 5.96 Å². The average Bonchev–Trinajstić information content (AvgIpc) is 2.91. The summed E-state index contributed by atoms with van der Waals surface area (Å²) in [5.74, 6) is 2.94. The second kappa shape index (κ2) is 6.91. The van der Waals surface area contributed by atoms with Gasteiger partial charge in [0, 0.05) is 54.4 Å². The van der Waals surface area contributed by atoms with Crippen molar-refractivity contribution in [3.8, 4) is 0 Å². The highest BCUT2D eigenvalue weighted by molar-refractivity contribution is 9.10. The maximum atomic E-state index is 6.07. The zero-order valence-electron chi connectivity index (χ0n) is 12.6. The van der Waals surface area contributed by atoms with E-state index in [9.17, 15) is 0 Å². The van der Waals surface area contributed by atoms with Gasteiger partial charge in [-0.3, -0.25) is 4.99 Å². The quantitative estimate of drug-likeness (QED) is 0.654. The van der Waals surface area contributed by atoms with Crippen LogP contribution < -0.4 is 5.73 Å². The molecule has 5 nitrogen and oxygen atoms in total. The minimum absolute atomic E-state index is 0.669. The fraction of sp³-hybridized carbons (Fsp3) is 0.467. The highest BCUT2D eigenvalue weighted by Crippen LogP contribution is 2.17. The number of imidazole rings is 1. The number of aryl methyl sites for hydroxylation is 1. The molecule has 0 saturated carbocycles. The summed E-state index contributed by atoms with van der Waals surface area (Å²) < 4.78 is 3.12. The van der Waals surface area contributed by atoms with Crippen LogP contribution in [0.1, 0.15) is 11.3 Å². The van der Waals surface area contributed by atoms with Crippen LogP contribution in [0, 0.1) is 6.92 Å². The lowest BCUT2D eigenvalue weighted by Crippen LogP contribution is -2.42. The van der Waals surface area contributed by atoms with Crippen molar-refractivity contribution in [2.24, 2.45) is 10.7 Å². The van der Waals surface area contributed by atoms with Gasteiger partial charge in [0.25, 0.3) is 0 Å². The zero-order chi connectivity index (χ0) is 15.5. The number of thioether (sulfide) groups is 1. The number of guanidine groups is 1. The van der Waals surface area contributed by atoms with Crippen molar-refractivity contribution in [1.29, 1.82) is 0 Å². The second-order valence-electron chi connectivity index (χ2n) is 5.39. The SMILES string of the molecule is Cc1cc(Br)cn2cc(CCN=C(N)N3CCSCC3)nc12. The summed E-state index contributed by atoms with van der Waals surface area (Å²) in [6, 6.07) is 2.08. The lowest BCUT2D eigenvalue weighted by molar-refractivity contribution is 0.456. The van der Waals surface area contributed by atoms with Crippen molar-refractivity contribution >= 4 is 39.3 Å². The fourth-order valence-corrected chi connectivity index (χ4v) is 4.04. The number of pyridine rings is 1. The molecule has 0 aliphatic carbocycles. The van der Waals surface area contributed by atoms with Gasteiger partial charge in [-0.05, 0) is 34.5 Å². The predicted octanol–water partition coefficient (Wildman–Crippen LogP) is 2.31. The molecule has 0 atom stereocenters. The van der Waals surface area contributed by atoms with Crippen LogP contribution in [-0.2, 0) is 6.42 Å². The number of aromatic nitrogens is 2. The van der Waals surface area contributed by atoms with Crippen molar-refractivity contribution in [3.05, 3.63) is 34.2 Å². The van der Waals surface area contributed by atoms with Gasteiger partial charge in [-0.25, -0.2) is 4.98 Å². The number of rotatable bonds is 3. The summed E-state index contributed by atoms with van der Waals surface area (Å²) in [6.45, 7) is 4.75. The van der Waals surface area contributed by atoms with E-state index in [0.717, 1.165) is 52.4 Å². The van der Waals surface area contributed by atoms with Crippen LogP contribution in [0.25, 0.3) is 5.65 Å². The Morgan fingerprint density at radius 2 is 2.18 bits per heavy atom. The molecule has 0 unspecified atom stereocenters. The Labute approximate surface area is 143 Å². The summed E-state index contributed by atoms with van der Waals surface area (Å²) >= 11 is 5.49. The molecule has 1 saturated heterocycles. The van der Waals surface area contributed by atoms with Crippen LogP contribution in [-0.4, -0.2) is 51.4 Å². The predicted molar refractivity (Wildman–Crippen MR) is 96.7 cm³/mol. The maximum Gasteiger partial charge on any atom is 0.191 e. The molecule has 7 heteroatoms. The lowest BCUT2D eigenvalue weighted by atomic mass is 10.3. The fourth-order valence-electron chi connectivity index (χ4n) is 2.57. The van der Waals surface area contributed by atoms with Gasteiger partial charge >= 0.3 is 0 Å². The van der Waals surface area contributed by atoms with Crippen molar-refractivity contribution in [1.82, 2.24) is 14.3 Å². The molecule has 0 bridgehead atoms. The summed E-state index contributed by atoms with van der Waals surface area (Å²) in [5.41, 5.74) is 9.28. The Balaban J connectivity index is 1.65. The van der Waals surface area contributed by atoms with Gasteiger partial charge in [-0.15, -0.1) is 0 Å². The zero-order valence-corrected chi connectivity index (χ0v) is 15.0. The number of hydrogen-bond donors (Lipinski definition) is 1. The number of nitrogens with two attached hydrogens (primary N) is 1. The van der Waals surface area contributed by atoms with E-state index in [1.807, 2.05) is 18.0 Å². The third-order valence-electron chi connectivity index (χ3n) is 3.73. The van der Waals surface area contributed by atoms with Gasteiger partial charge in [-0.1, -0.05) is 0 Å². The van der Waals surface area contributed by atoms with Gasteiger partial charge in [-0.2, -0.15) is 11.8 Å². The van der Waals surface area contributed by atoms with Gasteiger partial charge in [0.2, 0.25) is 0 Å². The number of halogens is 1. The molecule has 0 radical (unpaired) electrons. The standard InChI is InChI=1S/C15H20BrN5S/c1-11-8-12(16)9-21-10-13(19-14(11)21)2-3-18-15(17)20-4-6-22-7-5-20/h8-10H,2-7H2,1H3,(H2,17,18). The van der Waals surface area contributed by atoms with Crippen LogP contribution in [0.15, 0.2) is 27.9 Å². The van der Waals surface area contributed by atoms with E-state index in [1.165, 1.54) is 0 Å². The van der Waals surface area contributed by atoms with Crippen molar-refractivity contribution in [2.75, 3.05) is 31.1 Å². The van der Waals surface area contributed by atoms with Gasteiger partial charge < -0.3 is 15.0 Å². The van der Waals surface area contributed by atoms with E-state index < -0.39 is 0 Å². The van der Waals surface area contributed by atoms with E-state index in [1.54, 1.807) is 0 Å². The average molecular weight is 382 g/mol. The summed E-state index contributed by atoms with van der Waals surface area (Å²) in [5, 5.41) is 0. The number of fused-ring (bicyclic) bond motifs is 1.